The van der Waals surface area contributed by atoms with Gasteiger partial charge in [0.15, 0.2) is 0 Å². The Balaban J connectivity index is 1.77. The average molecular weight is 369 g/mol. The average Bonchev–Trinajstić information content (AvgIpc) is 2.75. The van der Waals surface area contributed by atoms with Crippen LogP contribution in [0.15, 0.2) is 88.8 Å². The molecule has 5 heteroatoms. The predicted molar refractivity (Wildman–Crippen MR) is 112 cm³/mol. The molecule has 0 unspecified atom stereocenters. The maximum atomic E-state index is 12.9. The number of fused-ring (bicyclic) bond motifs is 1. The molecule has 0 saturated carbocycles. The smallest absolute Gasteiger partial charge is 0.267 e. The number of hydrogen-bond donors (Lipinski definition) is 1. The third kappa shape index (κ3) is 3.42. The highest BCUT2D eigenvalue weighted by molar-refractivity contribution is 6.01. The summed E-state index contributed by atoms with van der Waals surface area (Å²) in [6.07, 6.45) is 4.03. The summed E-state index contributed by atoms with van der Waals surface area (Å²) in [6, 6.07) is 22.5. The van der Waals surface area contributed by atoms with Crippen molar-refractivity contribution in [3.05, 3.63) is 100 Å². The van der Waals surface area contributed by atoms with Crippen LogP contribution in [-0.2, 0) is 6.42 Å². The zero-order chi connectivity index (χ0) is 19.3. The van der Waals surface area contributed by atoms with Crippen LogP contribution in [0.4, 0.5) is 0 Å². The standard InChI is InChI=1S/C23H19N3O2/c27-22-19-11-5-4-10-18(19)20(16-24-15-13-17-8-2-1-3-9-17)23(28)26(22)21-12-6-7-14-25-21/h1-12,14,16,28H,13,15H2. The van der Waals surface area contributed by atoms with E-state index in [4.69, 9.17) is 0 Å². The maximum Gasteiger partial charge on any atom is 0.267 e. The number of benzene rings is 2. The molecule has 28 heavy (non-hydrogen) atoms. The fourth-order valence-electron chi connectivity index (χ4n) is 3.18. The molecule has 0 bridgehead atoms. The highest BCUT2D eigenvalue weighted by Crippen LogP contribution is 2.25. The third-order valence-corrected chi connectivity index (χ3v) is 4.57. The lowest BCUT2D eigenvalue weighted by atomic mass is 10.1. The Morgan fingerprint density at radius 3 is 2.39 bits per heavy atom. The molecule has 0 atom stereocenters. The zero-order valence-corrected chi connectivity index (χ0v) is 15.2. The Kier molecular flexibility index (Phi) is 4.97. The minimum absolute atomic E-state index is 0.161. The van der Waals surface area contributed by atoms with E-state index in [0.29, 0.717) is 28.7 Å². The first-order valence-corrected chi connectivity index (χ1v) is 9.07. The van der Waals surface area contributed by atoms with Crippen molar-refractivity contribution in [2.24, 2.45) is 4.99 Å². The van der Waals surface area contributed by atoms with E-state index >= 15 is 0 Å². The minimum Gasteiger partial charge on any atom is -0.494 e. The number of aromatic hydroxyl groups is 1. The van der Waals surface area contributed by atoms with Gasteiger partial charge in [0.05, 0.1) is 5.56 Å². The Bertz CT molecular complexity index is 1180. The number of nitrogens with zero attached hydrogens (tertiary/aromatic N) is 3. The summed E-state index contributed by atoms with van der Waals surface area (Å²) in [5.74, 6) is 0.209. The molecule has 0 saturated heterocycles. The van der Waals surface area contributed by atoms with Crippen LogP contribution in [0, 0.1) is 0 Å². The Morgan fingerprint density at radius 1 is 0.929 bits per heavy atom. The van der Waals surface area contributed by atoms with Gasteiger partial charge >= 0.3 is 0 Å². The van der Waals surface area contributed by atoms with Crippen molar-refractivity contribution in [2.45, 2.75) is 6.42 Å². The van der Waals surface area contributed by atoms with Crippen LogP contribution in [0.1, 0.15) is 11.1 Å². The van der Waals surface area contributed by atoms with Gasteiger partial charge in [0.2, 0.25) is 5.88 Å². The molecule has 1 N–H and O–H groups in total. The van der Waals surface area contributed by atoms with Gasteiger partial charge in [-0.3, -0.25) is 9.79 Å². The van der Waals surface area contributed by atoms with E-state index in [1.807, 2.05) is 30.3 Å². The van der Waals surface area contributed by atoms with Crippen molar-refractivity contribution in [3.63, 3.8) is 0 Å². The van der Waals surface area contributed by atoms with Gasteiger partial charge in [-0.25, -0.2) is 9.55 Å². The third-order valence-electron chi connectivity index (χ3n) is 4.57. The molecule has 0 aliphatic carbocycles. The summed E-state index contributed by atoms with van der Waals surface area (Å²) >= 11 is 0. The Hall–Kier alpha value is -3.73. The van der Waals surface area contributed by atoms with Crippen molar-refractivity contribution in [3.8, 4) is 11.7 Å². The van der Waals surface area contributed by atoms with Crippen LogP contribution in [-0.4, -0.2) is 27.4 Å². The maximum absolute atomic E-state index is 12.9. The summed E-state index contributed by atoms with van der Waals surface area (Å²) < 4.78 is 1.22. The lowest BCUT2D eigenvalue weighted by Gasteiger charge is -2.12. The first kappa shape index (κ1) is 17.7. The molecule has 4 aromatic rings. The summed E-state index contributed by atoms with van der Waals surface area (Å²) in [6.45, 7) is 0.584. The second kappa shape index (κ2) is 7.88. The first-order valence-electron chi connectivity index (χ1n) is 9.07. The molecule has 0 aliphatic rings. The number of aromatic nitrogens is 2. The van der Waals surface area contributed by atoms with Crippen LogP contribution in [0.25, 0.3) is 16.6 Å². The van der Waals surface area contributed by atoms with Gasteiger partial charge < -0.3 is 5.11 Å². The summed E-state index contributed by atoms with van der Waals surface area (Å²) in [5.41, 5.74) is 1.40. The van der Waals surface area contributed by atoms with E-state index in [1.165, 1.54) is 10.1 Å². The topological polar surface area (TPSA) is 67.5 Å². The Morgan fingerprint density at radius 2 is 1.64 bits per heavy atom. The monoisotopic (exact) mass is 369 g/mol. The molecule has 0 aliphatic heterocycles. The number of pyridine rings is 2. The van der Waals surface area contributed by atoms with E-state index in [9.17, 15) is 9.90 Å². The van der Waals surface area contributed by atoms with E-state index < -0.39 is 0 Å². The molecule has 0 amide bonds. The minimum atomic E-state index is -0.312. The molecule has 2 heterocycles. The molecule has 0 radical (unpaired) electrons. The van der Waals surface area contributed by atoms with Crippen LogP contribution < -0.4 is 5.56 Å². The highest BCUT2D eigenvalue weighted by atomic mass is 16.3. The van der Waals surface area contributed by atoms with E-state index in [0.717, 1.165) is 6.42 Å². The summed E-state index contributed by atoms with van der Waals surface area (Å²) in [4.78, 5) is 21.6. The van der Waals surface area contributed by atoms with E-state index in [-0.39, 0.29) is 11.4 Å². The van der Waals surface area contributed by atoms with Gasteiger partial charge in [-0.2, -0.15) is 0 Å². The second-order valence-corrected chi connectivity index (χ2v) is 6.38. The van der Waals surface area contributed by atoms with Crippen LogP contribution in [0.3, 0.4) is 0 Å². The fourth-order valence-corrected chi connectivity index (χ4v) is 3.18. The van der Waals surface area contributed by atoms with Crippen molar-refractivity contribution >= 4 is 17.0 Å². The van der Waals surface area contributed by atoms with Gasteiger partial charge in [-0.05, 0) is 30.2 Å². The lowest BCUT2D eigenvalue weighted by Crippen LogP contribution is -2.21. The molecule has 4 rings (SSSR count). The van der Waals surface area contributed by atoms with Crippen molar-refractivity contribution in [2.75, 3.05) is 6.54 Å². The first-order chi connectivity index (χ1) is 13.8. The molecule has 0 fully saturated rings. The second-order valence-electron chi connectivity index (χ2n) is 6.38. The predicted octanol–water partition coefficient (Wildman–Crippen LogP) is 3.75. The van der Waals surface area contributed by atoms with Crippen molar-refractivity contribution < 1.29 is 5.11 Å². The molecule has 138 valence electrons. The largest absolute Gasteiger partial charge is 0.494 e. The van der Waals surface area contributed by atoms with Crippen LogP contribution >= 0.6 is 0 Å². The quantitative estimate of drug-likeness (QED) is 0.545. The van der Waals surface area contributed by atoms with E-state index in [1.54, 1.807) is 42.7 Å². The molecular weight excluding hydrogens is 350 g/mol. The number of aliphatic imine (C=N–C) groups is 1. The molecule has 2 aromatic carbocycles. The van der Waals surface area contributed by atoms with Crippen molar-refractivity contribution in [1.29, 1.82) is 0 Å². The molecule has 0 spiro atoms. The van der Waals surface area contributed by atoms with Crippen LogP contribution in [0.5, 0.6) is 5.88 Å². The SMILES string of the molecule is O=c1c2ccccc2c(C=NCCc2ccccc2)c(O)n1-c1ccccn1. The summed E-state index contributed by atoms with van der Waals surface area (Å²) in [5, 5.41) is 12.0. The number of hydrogen-bond acceptors (Lipinski definition) is 4. The van der Waals surface area contributed by atoms with Gasteiger partial charge in [0.1, 0.15) is 5.82 Å². The van der Waals surface area contributed by atoms with Gasteiger partial charge in [-0.1, -0.05) is 54.6 Å². The molecular formula is C23H19N3O2. The van der Waals surface area contributed by atoms with Gasteiger partial charge in [-0.15, -0.1) is 0 Å². The van der Waals surface area contributed by atoms with E-state index in [2.05, 4.69) is 22.1 Å². The van der Waals surface area contributed by atoms with Crippen molar-refractivity contribution in [1.82, 2.24) is 9.55 Å². The Labute approximate surface area is 162 Å². The lowest BCUT2D eigenvalue weighted by molar-refractivity contribution is 0.435. The van der Waals surface area contributed by atoms with Gasteiger partial charge in [0, 0.05) is 29.7 Å². The fraction of sp³-hybridized carbons (Fsp3) is 0.0870. The zero-order valence-electron chi connectivity index (χ0n) is 15.2. The molecule has 2 aromatic heterocycles. The molecule has 5 nitrogen and oxygen atoms in total. The number of rotatable bonds is 5. The summed E-state index contributed by atoms with van der Waals surface area (Å²) in [7, 11) is 0. The van der Waals surface area contributed by atoms with Gasteiger partial charge in [0.25, 0.3) is 5.56 Å². The normalized spacial score (nSPS) is 11.3. The highest BCUT2D eigenvalue weighted by Gasteiger charge is 2.16. The van der Waals surface area contributed by atoms with Crippen LogP contribution in [0.2, 0.25) is 0 Å².